The van der Waals surface area contributed by atoms with E-state index in [1.807, 2.05) is 18.2 Å². The summed E-state index contributed by atoms with van der Waals surface area (Å²) in [6.07, 6.45) is 3.06. The summed E-state index contributed by atoms with van der Waals surface area (Å²) in [4.78, 5) is 13.8. The smallest absolute Gasteiger partial charge is 0.188 e. The maximum atomic E-state index is 5.97. The molecule has 2 aromatic carbocycles. The standard InChI is InChI=1S/C26H28N4O4/c1-29-7-9-30(10-8-29)19-6-4-5-18(11-19)22-13-25(34-17-31-2)20-12-21(26-15-27-16-33-26)24(32-3)14-23(20)28-22/h4-6,11-16H,7-10,17H2,1-3H3. The number of oxazole rings is 1. The fourth-order valence-corrected chi connectivity index (χ4v) is 4.25. The molecule has 1 aliphatic rings. The molecule has 5 rings (SSSR count). The Bertz CT molecular complexity index is 1270. The van der Waals surface area contributed by atoms with Crippen LogP contribution in [0.25, 0.3) is 33.5 Å². The van der Waals surface area contributed by atoms with Crippen molar-refractivity contribution in [1.29, 1.82) is 0 Å². The molecule has 0 amide bonds. The van der Waals surface area contributed by atoms with Gasteiger partial charge in [0.1, 0.15) is 11.5 Å². The van der Waals surface area contributed by atoms with Crippen molar-refractivity contribution >= 4 is 16.6 Å². The number of hydrogen-bond donors (Lipinski definition) is 0. The molecule has 2 aromatic heterocycles. The quantitative estimate of drug-likeness (QED) is 0.378. The normalized spacial score (nSPS) is 14.5. The number of pyridine rings is 1. The van der Waals surface area contributed by atoms with Crippen LogP contribution in [0.15, 0.2) is 59.5 Å². The summed E-state index contributed by atoms with van der Waals surface area (Å²) in [6, 6.07) is 14.3. The summed E-state index contributed by atoms with van der Waals surface area (Å²) in [5.41, 5.74) is 4.59. The van der Waals surface area contributed by atoms with Crippen LogP contribution in [0.4, 0.5) is 5.69 Å². The molecule has 1 saturated heterocycles. The van der Waals surface area contributed by atoms with E-state index in [-0.39, 0.29) is 6.79 Å². The van der Waals surface area contributed by atoms with E-state index in [1.165, 1.54) is 12.1 Å². The summed E-state index contributed by atoms with van der Waals surface area (Å²) >= 11 is 0. The number of aromatic nitrogens is 2. The highest BCUT2D eigenvalue weighted by atomic mass is 16.7. The minimum Gasteiger partial charge on any atom is -0.496 e. The molecule has 8 heteroatoms. The monoisotopic (exact) mass is 460 g/mol. The lowest BCUT2D eigenvalue weighted by atomic mass is 10.0. The number of piperazine rings is 1. The highest BCUT2D eigenvalue weighted by Crippen LogP contribution is 2.39. The first-order valence-corrected chi connectivity index (χ1v) is 11.2. The van der Waals surface area contributed by atoms with Crippen LogP contribution in [-0.2, 0) is 4.74 Å². The Morgan fingerprint density at radius 1 is 1.00 bits per heavy atom. The number of rotatable bonds is 7. The Kier molecular flexibility index (Phi) is 6.33. The second-order valence-electron chi connectivity index (χ2n) is 8.33. The Morgan fingerprint density at radius 3 is 2.59 bits per heavy atom. The van der Waals surface area contributed by atoms with Crippen molar-refractivity contribution in [2.24, 2.45) is 0 Å². The molecule has 0 aliphatic carbocycles. The largest absolute Gasteiger partial charge is 0.496 e. The molecule has 0 spiro atoms. The minimum atomic E-state index is 0.129. The van der Waals surface area contributed by atoms with Crippen LogP contribution in [-0.4, -0.2) is 69.1 Å². The van der Waals surface area contributed by atoms with Crippen LogP contribution in [0.5, 0.6) is 11.5 Å². The number of anilines is 1. The van der Waals surface area contributed by atoms with Gasteiger partial charge in [-0.25, -0.2) is 9.97 Å². The molecule has 8 nitrogen and oxygen atoms in total. The van der Waals surface area contributed by atoms with Crippen molar-refractivity contribution in [2.45, 2.75) is 0 Å². The van der Waals surface area contributed by atoms with Gasteiger partial charge >= 0.3 is 0 Å². The molecule has 1 aliphatic heterocycles. The van der Waals surface area contributed by atoms with Crippen LogP contribution in [0.1, 0.15) is 0 Å². The van der Waals surface area contributed by atoms with E-state index in [2.05, 4.69) is 46.1 Å². The van der Waals surface area contributed by atoms with Gasteiger partial charge in [0.2, 0.25) is 0 Å². The zero-order valence-corrected chi connectivity index (χ0v) is 19.7. The van der Waals surface area contributed by atoms with Crippen molar-refractivity contribution in [3.63, 3.8) is 0 Å². The van der Waals surface area contributed by atoms with Gasteiger partial charge in [-0.3, -0.25) is 0 Å². The molecule has 0 saturated carbocycles. The zero-order valence-electron chi connectivity index (χ0n) is 19.7. The second kappa shape index (κ2) is 9.70. The maximum absolute atomic E-state index is 5.97. The van der Waals surface area contributed by atoms with Gasteiger partial charge in [-0.1, -0.05) is 12.1 Å². The molecule has 0 bridgehead atoms. The summed E-state index contributed by atoms with van der Waals surface area (Å²) in [5.74, 6) is 1.94. The van der Waals surface area contributed by atoms with Gasteiger partial charge in [-0.2, -0.15) is 0 Å². The van der Waals surface area contributed by atoms with E-state index in [1.54, 1.807) is 20.4 Å². The predicted molar refractivity (Wildman–Crippen MR) is 131 cm³/mol. The van der Waals surface area contributed by atoms with E-state index in [0.717, 1.165) is 53.9 Å². The van der Waals surface area contributed by atoms with Crippen molar-refractivity contribution in [2.75, 3.05) is 59.1 Å². The highest BCUT2D eigenvalue weighted by Gasteiger charge is 2.18. The van der Waals surface area contributed by atoms with Gasteiger partial charge < -0.3 is 28.4 Å². The first kappa shape index (κ1) is 22.2. The fraction of sp³-hybridized carbons (Fsp3) is 0.308. The molecule has 176 valence electrons. The first-order chi connectivity index (χ1) is 16.7. The third-order valence-corrected chi connectivity index (χ3v) is 6.13. The number of likely N-dealkylation sites (N-methyl/N-ethyl adjacent to an activating group) is 1. The molecular weight excluding hydrogens is 432 g/mol. The second-order valence-corrected chi connectivity index (χ2v) is 8.33. The van der Waals surface area contributed by atoms with Gasteiger partial charge in [0.25, 0.3) is 0 Å². The van der Waals surface area contributed by atoms with Crippen molar-refractivity contribution in [3.8, 4) is 34.1 Å². The highest BCUT2D eigenvalue weighted by molar-refractivity contribution is 5.93. The lowest BCUT2D eigenvalue weighted by molar-refractivity contribution is 0.0522. The molecule has 1 fully saturated rings. The zero-order chi connectivity index (χ0) is 23.5. The van der Waals surface area contributed by atoms with Gasteiger partial charge in [-0.15, -0.1) is 0 Å². The summed E-state index contributed by atoms with van der Waals surface area (Å²) in [6.45, 7) is 4.26. The van der Waals surface area contributed by atoms with E-state index >= 15 is 0 Å². The van der Waals surface area contributed by atoms with E-state index in [0.29, 0.717) is 17.3 Å². The van der Waals surface area contributed by atoms with Gasteiger partial charge in [0, 0.05) is 62.1 Å². The number of nitrogens with zero attached hydrogens (tertiary/aromatic N) is 4. The van der Waals surface area contributed by atoms with E-state index in [9.17, 15) is 0 Å². The van der Waals surface area contributed by atoms with E-state index in [4.69, 9.17) is 23.6 Å². The molecule has 0 N–H and O–H groups in total. The molecular formula is C26H28N4O4. The Labute approximate surface area is 198 Å². The van der Waals surface area contributed by atoms with Crippen molar-refractivity contribution in [1.82, 2.24) is 14.9 Å². The Hall–Kier alpha value is -3.62. The van der Waals surface area contributed by atoms with Gasteiger partial charge in [0.15, 0.2) is 18.9 Å². The number of ether oxygens (including phenoxy) is 3. The summed E-state index contributed by atoms with van der Waals surface area (Å²) in [5, 5.41) is 0.836. The molecule has 3 heterocycles. The SMILES string of the molecule is COCOc1cc(-c2cccc(N3CCN(C)CC3)c2)nc2cc(OC)c(-c3cnco3)cc12. The van der Waals surface area contributed by atoms with Crippen molar-refractivity contribution in [3.05, 3.63) is 55.1 Å². The minimum absolute atomic E-state index is 0.129. The topological polar surface area (TPSA) is 73.1 Å². The number of fused-ring (bicyclic) bond motifs is 1. The number of methoxy groups -OCH3 is 2. The van der Waals surface area contributed by atoms with Crippen molar-refractivity contribution < 1.29 is 18.6 Å². The summed E-state index contributed by atoms with van der Waals surface area (Å²) < 4.78 is 22.3. The maximum Gasteiger partial charge on any atom is 0.188 e. The first-order valence-electron chi connectivity index (χ1n) is 11.2. The molecule has 0 radical (unpaired) electrons. The fourth-order valence-electron chi connectivity index (χ4n) is 4.25. The van der Waals surface area contributed by atoms with Crippen LogP contribution >= 0.6 is 0 Å². The van der Waals surface area contributed by atoms with Crippen LogP contribution in [0.2, 0.25) is 0 Å². The Balaban J connectivity index is 1.59. The van der Waals surface area contributed by atoms with Crippen LogP contribution in [0.3, 0.4) is 0 Å². The Morgan fingerprint density at radius 2 is 1.85 bits per heavy atom. The number of hydrogen-bond acceptors (Lipinski definition) is 8. The average Bonchev–Trinajstić information content (AvgIpc) is 3.41. The molecule has 34 heavy (non-hydrogen) atoms. The molecule has 0 unspecified atom stereocenters. The predicted octanol–water partition coefficient (Wildman–Crippen LogP) is 4.30. The molecule has 4 aromatic rings. The van der Waals surface area contributed by atoms with Crippen LogP contribution in [0, 0.1) is 0 Å². The summed E-state index contributed by atoms with van der Waals surface area (Å²) in [7, 11) is 5.40. The van der Waals surface area contributed by atoms with Gasteiger partial charge in [-0.05, 0) is 25.2 Å². The lowest BCUT2D eigenvalue weighted by Gasteiger charge is -2.34. The number of benzene rings is 2. The van der Waals surface area contributed by atoms with Crippen LogP contribution < -0.4 is 14.4 Å². The third-order valence-electron chi connectivity index (χ3n) is 6.13. The lowest BCUT2D eigenvalue weighted by Crippen LogP contribution is -2.44. The third kappa shape index (κ3) is 4.42. The molecule has 0 atom stereocenters. The average molecular weight is 461 g/mol. The van der Waals surface area contributed by atoms with Gasteiger partial charge in [0.05, 0.1) is 30.1 Å². The van der Waals surface area contributed by atoms with E-state index < -0.39 is 0 Å².